The van der Waals surface area contributed by atoms with Gasteiger partial charge in [-0.25, -0.2) is 9.37 Å². The number of anilines is 1. The van der Waals surface area contributed by atoms with Gasteiger partial charge >= 0.3 is 0 Å². The zero-order chi connectivity index (χ0) is 19.4. The molecule has 3 heterocycles. The highest BCUT2D eigenvalue weighted by atomic mass is 19.1. The molecular weight excluding hydrogens is 361 g/mol. The lowest BCUT2D eigenvalue weighted by atomic mass is 10.1. The van der Waals surface area contributed by atoms with E-state index in [0.717, 1.165) is 11.9 Å². The molecule has 0 saturated carbocycles. The van der Waals surface area contributed by atoms with Gasteiger partial charge in [0.25, 0.3) is 11.8 Å². The van der Waals surface area contributed by atoms with Gasteiger partial charge in [-0.15, -0.1) is 0 Å². The maximum absolute atomic E-state index is 13.1. The molecule has 5 rings (SSSR count). The SMILES string of the molecule is NC(=O)c1cccc2[nH]c(N3C[C@@H]4C[C@H]3CN4C(=O)c3ccc(F)cc3)nc12. The number of hydrogen-bond donors (Lipinski definition) is 2. The molecule has 2 aliphatic heterocycles. The number of primary amides is 1. The lowest BCUT2D eigenvalue weighted by molar-refractivity contribution is 0.0725. The molecule has 8 heteroatoms. The molecule has 2 atom stereocenters. The molecule has 28 heavy (non-hydrogen) atoms. The number of carbonyl (C=O) groups is 2. The van der Waals surface area contributed by atoms with Gasteiger partial charge in [-0.05, 0) is 42.8 Å². The van der Waals surface area contributed by atoms with Gasteiger partial charge in [-0.3, -0.25) is 9.59 Å². The number of amides is 2. The Hall–Kier alpha value is -3.42. The van der Waals surface area contributed by atoms with Gasteiger partial charge in [0.1, 0.15) is 11.3 Å². The van der Waals surface area contributed by atoms with E-state index in [9.17, 15) is 14.0 Å². The van der Waals surface area contributed by atoms with Crippen LogP contribution in [0.2, 0.25) is 0 Å². The Morgan fingerprint density at radius 3 is 2.57 bits per heavy atom. The van der Waals surface area contributed by atoms with Crippen LogP contribution in [0.4, 0.5) is 10.3 Å². The van der Waals surface area contributed by atoms with E-state index in [4.69, 9.17) is 5.73 Å². The summed E-state index contributed by atoms with van der Waals surface area (Å²) >= 11 is 0. The van der Waals surface area contributed by atoms with E-state index in [2.05, 4.69) is 14.9 Å². The number of likely N-dealkylation sites (tertiary alicyclic amines) is 1. The number of halogens is 1. The molecule has 3 aromatic rings. The van der Waals surface area contributed by atoms with Crippen LogP contribution in [0.1, 0.15) is 27.1 Å². The number of nitrogens with one attached hydrogen (secondary N) is 1. The highest BCUT2D eigenvalue weighted by molar-refractivity contribution is 6.04. The minimum atomic E-state index is -0.511. The fourth-order valence-corrected chi connectivity index (χ4v) is 4.29. The number of rotatable bonds is 3. The number of nitrogens with two attached hydrogens (primary N) is 1. The Morgan fingerprint density at radius 1 is 1.11 bits per heavy atom. The molecule has 142 valence electrons. The van der Waals surface area contributed by atoms with Gasteiger partial charge in [0.2, 0.25) is 5.95 Å². The maximum atomic E-state index is 13.1. The number of carbonyl (C=O) groups excluding carboxylic acids is 2. The smallest absolute Gasteiger partial charge is 0.254 e. The van der Waals surface area contributed by atoms with Gasteiger partial charge in [0.15, 0.2) is 0 Å². The first-order valence-electron chi connectivity index (χ1n) is 9.13. The Morgan fingerprint density at radius 2 is 1.89 bits per heavy atom. The number of para-hydroxylation sites is 1. The van der Waals surface area contributed by atoms with Crippen molar-refractivity contribution >= 4 is 28.8 Å². The summed E-state index contributed by atoms with van der Waals surface area (Å²) in [5.74, 6) is -0.258. The van der Waals surface area contributed by atoms with Crippen molar-refractivity contribution < 1.29 is 14.0 Å². The summed E-state index contributed by atoms with van der Waals surface area (Å²) in [5, 5.41) is 0. The van der Waals surface area contributed by atoms with E-state index in [-0.39, 0.29) is 23.8 Å². The molecule has 2 aromatic carbocycles. The van der Waals surface area contributed by atoms with Crippen LogP contribution >= 0.6 is 0 Å². The summed E-state index contributed by atoms with van der Waals surface area (Å²) in [6.45, 7) is 1.24. The molecule has 7 nitrogen and oxygen atoms in total. The third-order valence-corrected chi connectivity index (χ3v) is 5.63. The minimum absolute atomic E-state index is 0.0753. The molecule has 1 aromatic heterocycles. The van der Waals surface area contributed by atoms with E-state index >= 15 is 0 Å². The second-order valence-corrected chi connectivity index (χ2v) is 7.29. The number of aromatic nitrogens is 2. The maximum Gasteiger partial charge on any atom is 0.254 e. The summed E-state index contributed by atoms with van der Waals surface area (Å²) in [6, 6.07) is 11.2. The lowest BCUT2D eigenvalue weighted by Gasteiger charge is -2.34. The van der Waals surface area contributed by atoms with E-state index < -0.39 is 5.91 Å². The molecule has 2 amide bonds. The third kappa shape index (κ3) is 2.52. The van der Waals surface area contributed by atoms with Crippen molar-refractivity contribution in [3.05, 3.63) is 59.4 Å². The summed E-state index contributed by atoms with van der Waals surface area (Å²) in [7, 11) is 0. The first-order chi connectivity index (χ1) is 13.5. The van der Waals surface area contributed by atoms with Crippen LogP contribution in [0, 0.1) is 5.82 Å². The lowest BCUT2D eigenvalue weighted by Crippen LogP contribution is -2.49. The molecule has 2 fully saturated rings. The van der Waals surface area contributed by atoms with Crippen LogP contribution in [0.25, 0.3) is 11.0 Å². The summed E-state index contributed by atoms with van der Waals surface area (Å²) in [4.78, 5) is 36.2. The average Bonchev–Trinajstić information content (AvgIpc) is 3.40. The highest BCUT2D eigenvalue weighted by Crippen LogP contribution is 2.35. The number of aromatic amines is 1. The number of H-pyrrole nitrogens is 1. The third-order valence-electron chi connectivity index (χ3n) is 5.63. The molecule has 0 aliphatic carbocycles. The quantitative estimate of drug-likeness (QED) is 0.727. The van der Waals surface area contributed by atoms with Crippen molar-refractivity contribution in [1.82, 2.24) is 14.9 Å². The topological polar surface area (TPSA) is 95.3 Å². The van der Waals surface area contributed by atoms with Crippen molar-refractivity contribution in [2.75, 3.05) is 18.0 Å². The van der Waals surface area contributed by atoms with Gasteiger partial charge in [0.05, 0.1) is 23.2 Å². The first-order valence-corrected chi connectivity index (χ1v) is 9.13. The molecule has 2 aliphatic rings. The fourth-order valence-electron chi connectivity index (χ4n) is 4.29. The van der Waals surface area contributed by atoms with Crippen LogP contribution < -0.4 is 10.6 Å². The highest BCUT2D eigenvalue weighted by Gasteiger charge is 2.46. The monoisotopic (exact) mass is 379 g/mol. The van der Waals surface area contributed by atoms with Gasteiger partial charge in [-0.2, -0.15) is 0 Å². The van der Waals surface area contributed by atoms with E-state index in [0.29, 0.717) is 35.7 Å². The predicted molar refractivity (Wildman–Crippen MR) is 102 cm³/mol. The number of hydrogen-bond acceptors (Lipinski definition) is 4. The van der Waals surface area contributed by atoms with Crippen LogP contribution in [-0.2, 0) is 0 Å². The summed E-state index contributed by atoms with van der Waals surface area (Å²) in [6.07, 6.45) is 0.854. The number of benzene rings is 2. The molecule has 0 radical (unpaired) electrons. The molecule has 2 bridgehead atoms. The fraction of sp³-hybridized carbons (Fsp3) is 0.250. The molecule has 0 spiro atoms. The molecular formula is C20H18FN5O2. The van der Waals surface area contributed by atoms with Gasteiger partial charge in [0, 0.05) is 18.7 Å². The van der Waals surface area contributed by atoms with Crippen LogP contribution in [0.5, 0.6) is 0 Å². The van der Waals surface area contributed by atoms with Crippen molar-refractivity contribution in [3.8, 4) is 0 Å². The van der Waals surface area contributed by atoms with Crippen molar-refractivity contribution in [1.29, 1.82) is 0 Å². The number of nitrogens with zero attached hydrogens (tertiary/aromatic N) is 3. The number of piperazine rings is 1. The molecule has 3 N–H and O–H groups in total. The number of fused-ring (bicyclic) bond motifs is 3. The molecule has 2 saturated heterocycles. The Bertz CT molecular complexity index is 1090. The van der Waals surface area contributed by atoms with Gasteiger partial charge < -0.3 is 20.5 Å². The van der Waals surface area contributed by atoms with Crippen LogP contribution in [0.15, 0.2) is 42.5 Å². The zero-order valence-corrected chi connectivity index (χ0v) is 14.9. The van der Waals surface area contributed by atoms with Gasteiger partial charge in [-0.1, -0.05) is 6.07 Å². The van der Waals surface area contributed by atoms with Crippen LogP contribution in [0.3, 0.4) is 0 Å². The summed E-state index contributed by atoms with van der Waals surface area (Å²) < 4.78 is 13.1. The van der Waals surface area contributed by atoms with Crippen molar-refractivity contribution in [3.63, 3.8) is 0 Å². The second-order valence-electron chi connectivity index (χ2n) is 7.29. The standard InChI is InChI=1S/C20H18FN5O2/c21-12-6-4-11(5-7-12)19(28)25-9-14-8-13(25)10-26(14)20-23-16-3-1-2-15(18(22)27)17(16)24-20/h1-7,13-14H,8-10H2,(H2,22,27)(H,23,24)/t13-,14-/m0/s1. The van der Waals surface area contributed by atoms with E-state index in [1.807, 2.05) is 11.0 Å². The Balaban J connectivity index is 1.38. The molecule has 0 unspecified atom stereocenters. The van der Waals surface area contributed by atoms with Crippen molar-refractivity contribution in [2.24, 2.45) is 5.73 Å². The normalized spacial score (nSPS) is 20.9. The average molecular weight is 379 g/mol. The number of imidazole rings is 1. The Labute approximate surface area is 159 Å². The van der Waals surface area contributed by atoms with E-state index in [1.165, 1.54) is 24.3 Å². The van der Waals surface area contributed by atoms with Crippen LogP contribution in [-0.4, -0.2) is 51.9 Å². The second kappa shape index (κ2) is 6.05. The largest absolute Gasteiger partial charge is 0.366 e. The first kappa shape index (κ1) is 16.7. The predicted octanol–water partition coefficient (Wildman–Crippen LogP) is 1.90. The van der Waals surface area contributed by atoms with Crippen molar-refractivity contribution in [2.45, 2.75) is 18.5 Å². The minimum Gasteiger partial charge on any atom is -0.366 e. The Kier molecular flexibility index (Phi) is 3.61. The van der Waals surface area contributed by atoms with E-state index in [1.54, 1.807) is 12.1 Å². The zero-order valence-electron chi connectivity index (χ0n) is 14.9. The summed E-state index contributed by atoms with van der Waals surface area (Å²) in [5.41, 5.74) is 7.65.